The molecule has 3 aromatic rings. The van der Waals surface area contributed by atoms with Gasteiger partial charge in [-0.2, -0.15) is 0 Å². The summed E-state index contributed by atoms with van der Waals surface area (Å²) in [5.74, 6) is 0. The Kier molecular flexibility index (Phi) is 4.71. The molecule has 0 aliphatic carbocycles. The maximum atomic E-state index is 10.6. The first-order chi connectivity index (χ1) is 10.8. The van der Waals surface area contributed by atoms with E-state index in [0.717, 1.165) is 23.9 Å². The van der Waals surface area contributed by atoms with E-state index in [2.05, 4.69) is 54.7 Å². The van der Waals surface area contributed by atoms with Gasteiger partial charge in [-0.1, -0.05) is 61.9 Å². The summed E-state index contributed by atoms with van der Waals surface area (Å²) in [6.07, 6.45) is 1.83. The average molecular weight is 293 g/mol. The Morgan fingerprint density at radius 1 is 0.955 bits per heavy atom. The van der Waals surface area contributed by atoms with Crippen molar-refractivity contribution in [2.45, 2.75) is 25.9 Å². The van der Waals surface area contributed by atoms with Crippen LogP contribution < -0.4 is 5.32 Å². The summed E-state index contributed by atoms with van der Waals surface area (Å²) in [6, 6.07) is 18.8. The Labute approximate surface area is 131 Å². The van der Waals surface area contributed by atoms with Crippen molar-refractivity contribution in [3.8, 4) is 0 Å². The third-order valence-electron chi connectivity index (χ3n) is 4.20. The van der Waals surface area contributed by atoms with E-state index >= 15 is 0 Å². The number of aliphatic hydroxyl groups is 1. The molecule has 114 valence electrons. The molecule has 0 spiro atoms. The van der Waals surface area contributed by atoms with Crippen LogP contribution in [-0.2, 0) is 0 Å². The predicted octanol–water partition coefficient (Wildman–Crippen LogP) is 4.42. The van der Waals surface area contributed by atoms with Gasteiger partial charge in [0.05, 0.1) is 6.10 Å². The molecule has 1 atom stereocenters. The maximum absolute atomic E-state index is 10.6. The lowest BCUT2D eigenvalue weighted by Crippen LogP contribution is -2.22. The average Bonchev–Trinajstić information content (AvgIpc) is 2.58. The number of hydrogen-bond donors (Lipinski definition) is 2. The van der Waals surface area contributed by atoms with E-state index in [1.807, 2.05) is 12.1 Å². The Bertz CT molecular complexity index is 766. The van der Waals surface area contributed by atoms with Crippen LogP contribution >= 0.6 is 0 Å². The number of aliphatic hydroxyl groups excluding tert-OH is 1. The smallest absolute Gasteiger partial charge is 0.0920 e. The standard InChI is InChI=1S/C20H23NO/c1-2-3-12-21-14-20(22)19-13-15-8-4-5-9-16(15)17-10-6-7-11-18(17)19/h4-11,13,20-22H,2-3,12,14H2,1H3/t20-/m0/s1. The third kappa shape index (κ3) is 2.99. The highest BCUT2D eigenvalue weighted by Gasteiger charge is 2.13. The molecule has 2 nitrogen and oxygen atoms in total. The minimum Gasteiger partial charge on any atom is -0.387 e. The van der Waals surface area contributed by atoms with Crippen LogP contribution in [0.1, 0.15) is 31.4 Å². The minimum absolute atomic E-state index is 0.480. The highest BCUT2D eigenvalue weighted by atomic mass is 16.3. The van der Waals surface area contributed by atoms with E-state index in [1.54, 1.807) is 0 Å². The van der Waals surface area contributed by atoms with Crippen LogP contribution in [0.4, 0.5) is 0 Å². The van der Waals surface area contributed by atoms with Gasteiger partial charge in [-0.05, 0) is 46.1 Å². The Morgan fingerprint density at radius 3 is 2.41 bits per heavy atom. The summed E-state index contributed by atoms with van der Waals surface area (Å²) in [7, 11) is 0. The SMILES string of the molecule is CCCCNC[C@H](O)c1cc2ccccc2c2ccccc12. The molecule has 3 rings (SSSR count). The van der Waals surface area contributed by atoms with Crippen LogP contribution in [0.2, 0.25) is 0 Å². The van der Waals surface area contributed by atoms with Crippen LogP contribution in [-0.4, -0.2) is 18.2 Å². The van der Waals surface area contributed by atoms with Crippen LogP contribution in [0, 0.1) is 0 Å². The molecule has 0 radical (unpaired) electrons. The summed E-state index contributed by atoms with van der Waals surface area (Å²) >= 11 is 0. The van der Waals surface area contributed by atoms with Crippen LogP contribution in [0.5, 0.6) is 0 Å². The van der Waals surface area contributed by atoms with Crippen LogP contribution in [0.15, 0.2) is 54.6 Å². The Morgan fingerprint density at radius 2 is 1.64 bits per heavy atom. The van der Waals surface area contributed by atoms with Crippen molar-refractivity contribution in [1.82, 2.24) is 5.32 Å². The van der Waals surface area contributed by atoms with Gasteiger partial charge in [-0.3, -0.25) is 0 Å². The summed E-state index contributed by atoms with van der Waals surface area (Å²) in [4.78, 5) is 0. The van der Waals surface area contributed by atoms with E-state index in [9.17, 15) is 5.11 Å². The summed E-state index contributed by atoms with van der Waals surface area (Å²) in [6.45, 7) is 3.73. The van der Waals surface area contributed by atoms with Gasteiger partial charge in [-0.25, -0.2) is 0 Å². The Balaban J connectivity index is 2.00. The van der Waals surface area contributed by atoms with Crippen LogP contribution in [0.25, 0.3) is 21.5 Å². The number of benzene rings is 3. The van der Waals surface area contributed by atoms with Crippen molar-refractivity contribution in [1.29, 1.82) is 0 Å². The molecule has 0 saturated carbocycles. The second kappa shape index (κ2) is 6.91. The maximum Gasteiger partial charge on any atom is 0.0920 e. The van der Waals surface area contributed by atoms with Gasteiger partial charge >= 0.3 is 0 Å². The van der Waals surface area contributed by atoms with Gasteiger partial charge in [0, 0.05) is 6.54 Å². The quantitative estimate of drug-likeness (QED) is 0.521. The molecule has 0 saturated heterocycles. The summed E-state index contributed by atoms with van der Waals surface area (Å²) in [5, 5.41) is 18.7. The van der Waals surface area contributed by atoms with Gasteiger partial charge in [-0.15, -0.1) is 0 Å². The number of unbranched alkanes of at least 4 members (excludes halogenated alkanes) is 1. The van der Waals surface area contributed by atoms with Crippen LogP contribution in [0.3, 0.4) is 0 Å². The number of rotatable bonds is 6. The summed E-state index contributed by atoms with van der Waals surface area (Å²) < 4.78 is 0. The zero-order valence-corrected chi connectivity index (χ0v) is 13.0. The summed E-state index contributed by atoms with van der Waals surface area (Å²) in [5.41, 5.74) is 1.01. The lowest BCUT2D eigenvalue weighted by atomic mass is 9.94. The molecule has 0 heterocycles. The molecule has 0 aliphatic rings. The monoisotopic (exact) mass is 293 g/mol. The molecule has 0 aliphatic heterocycles. The fourth-order valence-corrected chi connectivity index (χ4v) is 3.01. The fraction of sp³-hybridized carbons (Fsp3) is 0.300. The van der Waals surface area contributed by atoms with Gasteiger partial charge in [0.25, 0.3) is 0 Å². The topological polar surface area (TPSA) is 32.3 Å². The molecule has 22 heavy (non-hydrogen) atoms. The highest BCUT2D eigenvalue weighted by Crippen LogP contribution is 2.31. The second-order valence-corrected chi connectivity index (χ2v) is 5.81. The van der Waals surface area contributed by atoms with E-state index in [-0.39, 0.29) is 0 Å². The number of nitrogens with one attached hydrogen (secondary N) is 1. The predicted molar refractivity (Wildman–Crippen MR) is 94.2 cm³/mol. The first-order valence-corrected chi connectivity index (χ1v) is 8.10. The van der Waals surface area contributed by atoms with Gasteiger partial charge in [0.2, 0.25) is 0 Å². The van der Waals surface area contributed by atoms with Crippen molar-refractivity contribution < 1.29 is 5.11 Å². The highest BCUT2D eigenvalue weighted by molar-refractivity contribution is 6.09. The molecule has 0 amide bonds. The largest absolute Gasteiger partial charge is 0.387 e. The molecular weight excluding hydrogens is 270 g/mol. The molecule has 0 aromatic heterocycles. The zero-order chi connectivity index (χ0) is 15.4. The van der Waals surface area contributed by atoms with Gasteiger partial charge in [0.15, 0.2) is 0 Å². The zero-order valence-electron chi connectivity index (χ0n) is 13.0. The Hall–Kier alpha value is -1.90. The van der Waals surface area contributed by atoms with E-state index in [0.29, 0.717) is 6.54 Å². The second-order valence-electron chi connectivity index (χ2n) is 5.81. The van der Waals surface area contributed by atoms with Crippen molar-refractivity contribution >= 4 is 21.5 Å². The number of hydrogen-bond acceptors (Lipinski definition) is 2. The minimum atomic E-state index is -0.480. The van der Waals surface area contributed by atoms with Crippen molar-refractivity contribution in [2.24, 2.45) is 0 Å². The van der Waals surface area contributed by atoms with Gasteiger partial charge < -0.3 is 10.4 Å². The molecule has 2 N–H and O–H groups in total. The lowest BCUT2D eigenvalue weighted by Gasteiger charge is -2.16. The number of fused-ring (bicyclic) bond motifs is 3. The third-order valence-corrected chi connectivity index (χ3v) is 4.20. The molecule has 2 heteroatoms. The molecule has 0 unspecified atom stereocenters. The van der Waals surface area contributed by atoms with Crippen molar-refractivity contribution in [3.05, 3.63) is 60.2 Å². The normalized spacial score (nSPS) is 12.8. The fourth-order valence-electron chi connectivity index (χ4n) is 3.01. The molecule has 0 fully saturated rings. The lowest BCUT2D eigenvalue weighted by molar-refractivity contribution is 0.176. The van der Waals surface area contributed by atoms with Crippen molar-refractivity contribution in [2.75, 3.05) is 13.1 Å². The van der Waals surface area contributed by atoms with E-state index < -0.39 is 6.10 Å². The first-order valence-electron chi connectivity index (χ1n) is 8.10. The van der Waals surface area contributed by atoms with E-state index in [1.165, 1.54) is 22.6 Å². The molecular formula is C20H23NO. The first kappa shape index (κ1) is 15.0. The molecule has 3 aromatic carbocycles. The van der Waals surface area contributed by atoms with E-state index in [4.69, 9.17) is 0 Å². The van der Waals surface area contributed by atoms with Gasteiger partial charge in [0.1, 0.15) is 0 Å². The van der Waals surface area contributed by atoms with Crippen molar-refractivity contribution in [3.63, 3.8) is 0 Å². The molecule has 0 bridgehead atoms.